The van der Waals surface area contributed by atoms with Crippen molar-refractivity contribution in [3.05, 3.63) is 23.8 Å². The summed E-state index contributed by atoms with van der Waals surface area (Å²) < 4.78 is 5.71. The number of primary amides is 1. The lowest BCUT2D eigenvalue weighted by Gasteiger charge is -2.09. The highest BCUT2D eigenvalue weighted by Gasteiger charge is 2.24. The Bertz CT molecular complexity index is 388. The third-order valence-corrected chi connectivity index (χ3v) is 3.03. The second-order valence-electron chi connectivity index (χ2n) is 3.55. The number of carbonyl (C=O) groups excluding carboxylic acids is 1. The number of hydrogen-bond donors (Lipinski definition) is 1. The summed E-state index contributed by atoms with van der Waals surface area (Å²) in [5.74, 6) is 0.457. The van der Waals surface area contributed by atoms with Gasteiger partial charge in [-0.15, -0.1) is 11.8 Å². The minimum atomic E-state index is -0.400. The van der Waals surface area contributed by atoms with Gasteiger partial charge in [0.2, 0.25) is 5.91 Å². The van der Waals surface area contributed by atoms with Gasteiger partial charge in [-0.2, -0.15) is 0 Å². The molecule has 0 spiro atoms. The van der Waals surface area contributed by atoms with Gasteiger partial charge in [-0.05, 0) is 37.3 Å². The zero-order chi connectivity index (χ0) is 10.8. The molecule has 0 bridgehead atoms. The lowest BCUT2D eigenvalue weighted by atomic mass is 10.2. The average molecular weight is 223 g/mol. The molecule has 1 aromatic carbocycles. The monoisotopic (exact) mass is 223 g/mol. The molecule has 1 aliphatic rings. The molecule has 1 aliphatic carbocycles. The molecule has 0 aromatic heterocycles. The molecule has 1 aromatic rings. The molecular weight excluding hydrogens is 210 g/mol. The minimum absolute atomic E-state index is 0.371. The lowest BCUT2D eigenvalue weighted by Crippen LogP contribution is -2.11. The number of amides is 1. The topological polar surface area (TPSA) is 52.3 Å². The molecule has 1 saturated carbocycles. The summed E-state index contributed by atoms with van der Waals surface area (Å²) in [7, 11) is 0. The predicted molar refractivity (Wildman–Crippen MR) is 60.4 cm³/mol. The van der Waals surface area contributed by atoms with Crippen LogP contribution in [0.15, 0.2) is 23.1 Å². The highest BCUT2D eigenvalue weighted by Crippen LogP contribution is 2.33. The first-order chi connectivity index (χ1) is 7.20. The van der Waals surface area contributed by atoms with E-state index < -0.39 is 5.91 Å². The summed E-state index contributed by atoms with van der Waals surface area (Å²) in [6.07, 6.45) is 4.59. The van der Waals surface area contributed by atoms with E-state index in [9.17, 15) is 4.79 Å². The first-order valence-corrected chi connectivity index (χ1v) is 6.07. The van der Waals surface area contributed by atoms with Gasteiger partial charge >= 0.3 is 0 Å². The summed E-state index contributed by atoms with van der Waals surface area (Å²) in [5.41, 5.74) is 5.74. The van der Waals surface area contributed by atoms with Gasteiger partial charge < -0.3 is 10.5 Å². The number of benzene rings is 1. The van der Waals surface area contributed by atoms with E-state index in [2.05, 4.69) is 0 Å². The second kappa shape index (κ2) is 4.14. The van der Waals surface area contributed by atoms with Crippen LogP contribution in [-0.4, -0.2) is 18.3 Å². The number of hydrogen-bond acceptors (Lipinski definition) is 3. The van der Waals surface area contributed by atoms with Crippen LogP contribution in [0.1, 0.15) is 23.2 Å². The Kier molecular flexibility index (Phi) is 2.86. The highest BCUT2D eigenvalue weighted by molar-refractivity contribution is 7.98. The maximum atomic E-state index is 11.0. The standard InChI is InChI=1S/C11H13NO2S/c1-15-10-6-7(11(12)13)2-5-9(10)14-8-3-4-8/h2,5-6,8H,3-4H2,1H3,(H2,12,13). The van der Waals surface area contributed by atoms with E-state index in [-0.39, 0.29) is 0 Å². The molecule has 4 heteroatoms. The van der Waals surface area contributed by atoms with Crippen molar-refractivity contribution in [3.8, 4) is 5.75 Å². The molecule has 3 nitrogen and oxygen atoms in total. The highest BCUT2D eigenvalue weighted by atomic mass is 32.2. The molecule has 0 atom stereocenters. The van der Waals surface area contributed by atoms with Crippen LogP contribution >= 0.6 is 11.8 Å². The van der Waals surface area contributed by atoms with Crippen molar-refractivity contribution in [1.29, 1.82) is 0 Å². The van der Waals surface area contributed by atoms with Gasteiger partial charge in [0.05, 0.1) is 6.10 Å². The van der Waals surface area contributed by atoms with Crippen LogP contribution in [0, 0.1) is 0 Å². The number of rotatable bonds is 4. The summed E-state index contributed by atoms with van der Waals surface area (Å²) in [5, 5.41) is 0. The largest absolute Gasteiger partial charge is 0.489 e. The molecule has 2 rings (SSSR count). The second-order valence-corrected chi connectivity index (χ2v) is 4.40. The molecular formula is C11H13NO2S. The Morgan fingerprint density at radius 3 is 2.80 bits per heavy atom. The van der Waals surface area contributed by atoms with E-state index in [0.717, 1.165) is 23.5 Å². The van der Waals surface area contributed by atoms with Gasteiger partial charge in [0.15, 0.2) is 0 Å². The summed E-state index contributed by atoms with van der Waals surface area (Å²) in [4.78, 5) is 12.0. The molecule has 2 N–H and O–H groups in total. The van der Waals surface area contributed by atoms with Crippen molar-refractivity contribution in [3.63, 3.8) is 0 Å². The van der Waals surface area contributed by atoms with Crippen molar-refractivity contribution in [1.82, 2.24) is 0 Å². The van der Waals surface area contributed by atoms with Crippen LogP contribution in [0.3, 0.4) is 0 Å². The zero-order valence-electron chi connectivity index (χ0n) is 8.53. The number of nitrogens with two attached hydrogens (primary N) is 1. The maximum absolute atomic E-state index is 11.0. The fourth-order valence-electron chi connectivity index (χ4n) is 1.28. The third-order valence-electron chi connectivity index (χ3n) is 2.27. The van der Waals surface area contributed by atoms with Crippen LogP contribution < -0.4 is 10.5 Å². The predicted octanol–water partition coefficient (Wildman–Crippen LogP) is 2.05. The molecule has 1 fully saturated rings. The van der Waals surface area contributed by atoms with Gasteiger partial charge in [0.1, 0.15) is 5.75 Å². The van der Waals surface area contributed by atoms with E-state index >= 15 is 0 Å². The van der Waals surface area contributed by atoms with E-state index in [1.165, 1.54) is 0 Å². The zero-order valence-corrected chi connectivity index (χ0v) is 9.34. The molecule has 80 valence electrons. The molecule has 1 amide bonds. The van der Waals surface area contributed by atoms with E-state index in [1.54, 1.807) is 23.9 Å². The molecule has 15 heavy (non-hydrogen) atoms. The van der Waals surface area contributed by atoms with Gasteiger partial charge in [-0.3, -0.25) is 4.79 Å². The molecule has 0 radical (unpaired) electrons. The van der Waals surface area contributed by atoms with Crippen LogP contribution in [0.2, 0.25) is 0 Å². The molecule has 0 saturated heterocycles. The van der Waals surface area contributed by atoms with Gasteiger partial charge in [-0.25, -0.2) is 0 Å². The average Bonchev–Trinajstić information content (AvgIpc) is 3.02. The van der Waals surface area contributed by atoms with E-state index in [1.807, 2.05) is 12.3 Å². The Balaban J connectivity index is 2.25. The Morgan fingerprint density at radius 2 is 2.27 bits per heavy atom. The number of ether oxygens (including phenoxy) is 1. The fourth-order valence-corrected chi connectivity index (χ4v) is 1.85. The molecule has 0 aliphatic heterocycles. The first-order valence-electron chi connectivity index (χ1n) is 4.85. The van der Waals surface area contributed by atoms with Crippen molar-refractivity contribution < 1.29 is 9.53 Å². The van der Waals surface area contributed by atoms with Gasteiger partial charge in [-0.1, -0.05) is 0 Å². The summed E-state index contributed by atoms with van der Waals surface area (Å²) in [6.45, 7) is 0. The normalized spacial score (nSPS) is 15.0. The SMILES string of the molecule is CSc1cc(C(N)=O)ccc1OC1CC1. The Labute approximate surface area is 93.0 Å². The van der Waals surface area contributed by atoms with Crippen LogP contribution in [0.5, 0.6) is 5.75 Å². The third kappa shape index (κ3) is 2.45. The van der Waals surface area contributed by atoms with Crippen molar-refractivity contribution in [2.45, 2.75) is 23.8 Å². The lowest BCUT2D eigenvalue weighted by molar-refractivity contribution is 0.1000. The maximum Gasteiger partial charge on any atom is 0.248 e. The van der Waals surface area contributed by atoms with Crippen LogP contribution in [0.4, 0.5) is 0 Å². The quantitative estimate of drug-likeness (QED) is 0.795. The fraction of sp³-hybridized carbons (Fsp3) is 0.364. The number of carbonyl (C=O) groups is 1. The van der Waals surface area contributed by atoms with Crippen molar-refractivity contribution in [2.24, 2.45) is 5.73 Å². The Hall–Kier alpha value is -1.16. The van der Waals surface area contributed by atoms with E-state index in [4.69, 9.17) is 10.5 Å². The minimum Gasteiger partial charge on any atom is -0.489 e. The van der Waals surface area contributed by atoms with E-state index in [0.29, 0.717) is 11.7 Å². The van der Waals surface area contributed by atoms with Crippen molar-refractivity contribution >= 4 is 17.7 Å². The van der Waals surface area contributed by atoms with Crippen LogP contribution in [-0.2, 0) is 0 Å². The Morgan fingerprint density at radius 1 is 1.53 bits per heavy atom. The molecule has 0 unspecified atom stereocenters. The first kappa shape index (κ1) is 10.4. The van der Waals surface area contributed by atoms with Gasteiger partial charge in [0.25, 0.3) is 0 Å². The van der Waals surface area contributed by atoms with Crippen LogP contribution in [0.25, 0.3) is 0 Å². The molecule has 0 heterocycles. The summed E-state index contributed by atoms with van der Waals surface area (Å²) in [6, 6.07) is 5.31. The van der Waals surface area contributed by atoms with Gasteiger partial charge in [0, 0.05) is 10.5 Å². The van der Waals surface area contributed by atoms with Crippen molar-refractivity contribution in [2.75, 3.05) is 6.26 Å². The number of thioether (sulfide) groups is 1. The summed E-state index contributed by atoms with van der Waals surface area (Å²) >= 11 is 1.56. The smallest absolute Gasteiger partial charge is 0.248 e.